The van der Waals surface area contributed by atoms with E-state index in [1.54, 1.807) is 0 Å². The summed E-state index contributed by atoms with van der Waals surface area (Å²) in [6, 6.07) is 0. The average Bonchev–Trinajstić information content (AvgIpc) is 1.85. The molecule has 11 heavy (non-hydrogen) atoms. The molecular weight excluding hydrogens is 180 g/mol. The van der Waals surface area contributed by atoms with E-state index < -0.39 is 20.6 Å². The van der Waals surface area contributed by atoms with E-state index in [-0.39, 0.29) is 0 Å². The van der Waals surface area contributed by atoms with Crippen LogP contribution in [0, 0.1) is 0 Å². The largest absolute Gasteiger partial charge is 0.392 e. The van der Waals surface area contributed by atoms with Gasteiger partial charge in [-0.05, 0) is 5.82 Å². The fourth-order valence-electron chi connectivity index (χ4n) is 0.357. The molecule has 1 unspecified atom stereocenters. The molecule has 0 saturated heterocycles. The van der Waals surface area contributed by atoms with Crippen LogP contribution in [0.4, 0.5) is 13.2 Å². The van der Waals surface area contributed by atoms with Gasteiger partial charge in [0.15, 0.2) is 0 Å². The predicted octanol–water partition coefficient (Wildman–Crippen LogP) is 2.57. The number of alkyl halides is 3. The van der Waals surface area contributed by atoms with Gasteiger partial charge in [0.25, 0.3) is 0 Å². The Hall–Kier alpha value is -0.280. The first-order chi connectivity index (χ1) is 4.95. The van der Waals surface area contributed by atoms with Crippen molar-refractivity contribution in [2.75, 3.05) is 7.11 Å². The highest BCUT2D eigenvalue weighted by Gasteiger charge is 2.24. The lowest BCUT2D eigenvalue weighted by molar-refractivity contribution is -0.124. The normalized spacial score (nSPS) is 15.6. The highest BCUT2D eigenvalue weighted by atomic mass is 31.1. The summed E-state index contributed by atoms with van der Waals surface area (Å²) in [7, 11) is -1.20. The molecule has 0 spiro atoms. The minimum Gasteiger partial charge on any atom is -0.331 e. The first-order valence-electron chi connectivity index (χ1n) is 2.77. The van der Waals surface area contributed by atoms with E-state index >= 15 is 0 Å². The van der Waals surface area contributed by atoms with Crippen LogP contribution in [-0.4, -0.2) is 13.3 Å². The van der Waals surface area contributed by atoms with Crippen molar-refractivity contribution in [1.29, 1.82) is 0 Å². The Morgan fingerprint density at radius 1 is 1.55 bits per heavy atom. The van der Waals surface area contributed by atoms with Crippen LogP contribution in [-0.2, 0) is 9.09 Å². The quantitative estimate of drug-likeness (QED) is 0.636. The van der Waals surface area contributed by atoms with E-state index in [2.05, 4.69) is 4.52 Å². The molecule has 1 atom stereocenters. The second kappa shape index (κ2) is 4.57. The zero-order valence-electron chi connectivity index (χ0n) is 5.81. The molecule has 0 aromatic rings. The highest BCUT2D eigenvalue weighted by molar-refractivity contribution is 7.42. The standard InChI is InChI=1S/C5H8F3O2P/c1-10-11(9)4-2-3-5(6,7)8/h2,4,11H,3H2,1H3. The number of allylic oxidation sites excluding steroid dienone is 1. The summed E-state index contributed by atoms with van der Waals surface area (Å²) in [5.74, 6) is 0.929. The molecular formula is C5H8F3O2P. The third kappa shape index (κ3) is 7.62. The molecule has 0 radical (unpaired) electrons. The molecule has 0 bridgehead atoms. The van der Waals surface area contributed by atoms with Gasteiger partial charge in [-0.3, -0.25) is 4.57 Å². The Balaban J connectivity index is 3.70. The highest BCUT2D eigenvalue weighted by Crippen LogP contribution is 2.25. The summed E-state index contributed by atoms with van der Waals surface area (Å²) in [5, 5.41) is 0. The third-order valence-corrected chi connectivity index (χ3v) is 1.71. The summed E-state index contributed by atoms with van der Waals surface area (Å²) in [4.78, 5) is 0. The van der Waals surface area contributed by atoms with Crippen molar-refractivity contribution in [2.24, 2.45) is 0 Å². The van der Waals surface area contributed by atoms with Gasteiger partial charge < -0.3 is 4.52 Å². The summed E-state index contributed by atoms with van der Waals surface area (Å²) in [6.45, 7) is 0. The first kappa shape index (κ1) is 10.7. The number of hydrogen-bond donors (Lipinski definition) is 0. The van der Waals surface area contributed by atoms with Crippen LogP contribution in [0.5, 0.6) is 0 Å². The van der Waals surface area contributed by atoms with Crippen LogP contribution in [0.1, 0.15) is 6.42 Å². The SMILES string of the molecule is CO[PH](=O)C=CCC(F)(F)F. The van der Waals surface area contributed by atoms with Gasteiger partial charge in [0.1, 0.15) is 0 Å². The maximum atomic E-state index is 11.4. The molecule has 6 heteroatoms. The van der Waals surface area contributed by atoms with E-state index in [1.807, 2.05) is 0 Å². The molecule has 66 valence electrons. The monoisotopic (exact) mass is 188 g/mol. The fourth-order valence-corrected chi connectivity index (χ4v) is 0.803. The van der Waals surface area contributed by atoms with Gasteiger partial charge in [-0.2, -0.15) is 13.2 Å². The Kier molecular flexibility index (Phi) is 4.45. The smallest absolute Gasteiger partial charge is 0.331 e. The van der Waals surface area contributed by atoms with Gasteiger partial charge in [-0.15, -0.1) is 0 Å². The molecule has 0 heterocycles. The second-order valence-corrected chi connectivity index (χ2v) is 3.12. The minimum absolute atomic E-state index is 0.796. The van der Waals surface area contributed by atoms with Gasteiger partial charge >= 0.3 is 6.18 Å². The van der Waals surface area contributed by atoms with E-state index in [0.717, 1.165) is 11.9 Å². The van der Waals surface area contributed by atoms with Gasteiger partial charge in [0.05, 0.1) is 6.42 Å². The van der Waals surface area contributed by atoms with Crippen molar-refractivity contribution in [3.63, 3.8) is 0 Å². The van der Waals surface area contributed by atoms with Gasteiger partial charge in [-0.25, -0.2) is 0 Å². The van der Waals surface area contributed by atoms with Crippen LogP contribution in [0.3, 0.4) is 0 Å². The summed E-state index contributed by atoms with van der Waals surface area (Å²) in [6.07, 6.45) is -4.50. The lowest BCUT2D eigenvalue weighted by Crippen LogP contribution is -2.03. The van der Waals surface area contributed by atoms with E-state index in [0.29, 0.717) is 0 Å². The van der Waals surface area contributed by atoms with Gasteiger partial charge in [-0.1, -0.05) is 6.08 Å². The molecule has 0 rings (SSSR count). The van der Waals surface area contributed by atoms with Crippen LogP contribution in [0.2, 0.25) is 0 Å². The molecule has 0 aromatic carbocycles. The molecule has 0 aliphatic carbocycles. The molecule has 0 N–H and O–H groups in total. The second-order valence-electron chi connectivity index (χ2n) is 1.74. The van der Waals surface area contributed by atoms with E-state index in [1.165, 1.54) is 7.11 Å². The Bertz CT molecular complexity index is 164. The molecule has 0 amide bonds. The van der Waals surface area contributed by atoms with Gasteiger partial charge in [0.2, 0.25) is 8.03 Å². The van der Waals surface area contributed by atoms with E-state index in [4.69, 9.17) is 0 Å². The molecule has 0 aliphatic heterocycles. The molecule has 0 aliphatic rings. The topological polar surface area (TPSA) is 26.3 Å². The summed E-state index contributed by atoms with van der Waals surface area (Å²) >= 11 is 0. The summed E-state index contributed by atoms with van der Waals surface area (Å²) in [5.41, 5.74) is 0. The maximum absolute atomic E-state index is 11.4. The summed E-state index contributed by atoms with van der Waals surface area (Å²) < 4.78 is 48.9. The van der Waals surface area contributed by atoms with Crippen LogP contribution >= 0.6 is 8.03 Å². The first-order valence-corrected chi connectivity index (χ1v) is 4.16. The molecule has 2 nitrogen and oxygen atoms in total. The third-order valence-electron chi connectivity index (χ3n) is 0.804. The Labute approximate surface area is 62.9 Å². The maximum Gasteiger partial charge on any atom is 0.392 e. The number of hydrogen-bond acceptors (Lipinski definition) is 2. The minimum atomic E-state index is -4.23. The Morgan fingerprint density at radius 2 is 2.09 bits per heavy atom. The lowest BCUT2D eigenvalue weighted by Gasteiger charge is -1.99. The van der Waals surface area contributed by atoms with Crippen molar-refractivity contribution in [2.45, 2.75) is 12.6 Å². The lowest BCUT2D eigenvalue weighted by atomic mass is 10.4. The average molecular weight is 188 g/mol. The van der Waals surface area contributed by atoms with Crippen molar-refractivity contribution < 1.29 is 22.3 Å². The van der Waals surface area contributed by atoms with Crippen LogP contribution < -0.4 is 0 Å². The molecule has 0 saturated carbocycles. The number of rotatable bonds is 3. The van der Waals surface area contributed by atoms with Crippen LogP contribution in [0.15, 0.2) is 11.9 Å². The molecule has 0 aromatic heterocycles. The van der Waals surface area contributed by atoms with Crippen molar-refractivity contribution >= 4 is 8.03 Å². The van der Waals surface area contributed by atoms with Crippen LogP contribution in [0.25, 0.3) is 0 Å². The van der Waals surface area contributed by atoms with Crippen molar-refractivity contribution in [3.05, 3.63) is 11.9 Å². The Morgan fingerprint density at radius 3 is 2.45 bits per heavy atom. The van der Waals surface area contributed by atoms with E-state index in [9.17, 15) is 17.7 Å². The molecule has 0 fully saturated rings. The number of halogens is 3. The predicted molar refractivity (Wildman–Crippen MR) is 35.8 cm³/mol. The van der Waals surface area contributed by atoms with Gasteiger partial charge in [0, 0.05) is 7.11 Å². The fraction of sp³-hybridized carbons (Fsp3) is 0.600. The zero-order chi connectivity index (χ0) is 8.91. The van der Waals surface area contributed by atoms with Crippen molar-refractivity contribution in [3.8, 4) is 0 Å². The zero-order valence-corrected chi connectivity index (χ0v) is 6.81. The van der Waals surface area contributed by atoms with Crippen molar-refractivity contribution in [1.82, 2.24) is 0 Å².